The molecule has 0 saturated heterocycles. The number of nitrogens with zero attached hydrogens (tertiary/aromatic N) is 8. The minimum Gasteiger partial charge on any atom is -0.678 e. The van der Waals surface area contributed by atoms with Gasteiger partial charge >= 0.3 is 77.9 Å². The number of nitrogens with one attached hydrogen (secondary N) is 1. The molecule has 0 aromatic carbocycles. The van der Waals surface area contributed by atoms with Gasteiger partial charge in [-0.05, 0) is 246 Å². The van der Waals surface area contributed by atoms with Crippen LogP contribution in [0.4, 0.5) is 0 Å². The molecule has 11 aliphatic carbocycles. The second kappa shape index (κ2) is 92.8. The van der Waals surface area contributed by atoms with Crippen LogP contribution in [0.1, 0.15) is 398 Å². The van der Waals surface area contributed by atoms with Crippen molar-refractivity contribution < 1.29 is 176 Å². The van der Waals surface area contributed by atoms with Gasteiger partial charge in [-0.25, -0.2) is 0 Å². The van der Waals surface area contributed by atoms with E-state index in [1.54, 1.807) is 6.92 Å². The summed E-state index contributed by atoms with van der Waals surface area (Å²) >= 11 is 0. The van der Waals surface area contributed by atoms with Crippen LogP contribution in [0.3, 0.4) is 0 Å². The van der Waals surface area contributed by atoms with Gasteiger partial charge in [0.05, 0.1) is 73.2 Å². The molecule has 147 heavy (non-hydrogen) atoms. The normalized spacial score (nSPS) is 33.2. The second-order valence-corrected chi connectivity index (χ2v) is 44.1. The van der Waals surface area contributed by atoms with Gasteiger partial charge < -0.3 is 146 Å². The summed E-state index contributed by atoms with van der Waals surface area (Å²) < 4.78 is 70.0. The van der Waals surface area contributed by atoms with Crippen LogP contribution in [-0.4, -0.2) is 305 Å². The Morgan fingerprint density at radius 1 is 0.265 bits per heavy atom. The van der Waals surface area contributed by atoms with Crippen LogP contribution in [0.25, 0.3) is 48.3 Å². The Hall–Kier alpha value is 1.33. The molecule has 881 valence electrons. The van der Waals surface area contributed by atoms with Gasteiger partial charge in [0.15, 0.2) is 18.9 Å². The molecule has 0 amide bonds. The predicted octanol–water partition coefficient (Wildman–Crippen LogP) is 24.0. The summed E-state index contributed by atoms with van der Waals surface area (Å²) in [5.41, 5.74) is 6.21. The first kappa shape index (κ1) is 150. The smallest absolute Gasteiger partial charge is 0.678 e. The van der Waals surface area contributed by atoms with Crippen LogP contribution in [0.5, 0.6) is 0 Å². The van der Waals surface area contributed by atoms with Crippen LogP contribution in [0.2, 0.25) is 0 Å². The van der Waals surface area contributed by atoms with E-state index in [1.165, 1.54) is 103 Å². The first-order valence-electron chi connectivity index (χ1n) is 58.0. The van der Waals surface area contributed by atoms with Crippen molar-refractivity contribution in [3.8, 4) is 0 Å². The van der Waals surface area contributed by atoms with Crippen LogP contribution in [0, 0.1) is 71.0 Å². The molecule has 11 saturated carbocycles. The molecule has 14 unspecified atom stereocenters. The van der Waals surface area contributed by atoms with Crippen molar-refractivity contribution in [2.24, 2.45) is 71.0 Å². The SMILES string of the molecule is CCC(CC)C(O)O.CCC(CC)CO.CCCOC1C(C)CC(C)C(OCCC)C(C)CC2CC(C(O)O)CC(CC3CC(C(O)O)CC(CC1C)C3OCCC)C2OCCC.CC[NH-].COC1CCC([N-]C[N-]C2CCC(OC)CC2)CC1.COC1CCC([N-]C[N-]C2CCC(OC)CC2)CC1.COC1CCC([N-]C[N-]C2CCC(OC)CC2)CC1.COC1CCC([N-]C[N-]C2CCC(OC)CC2)CC1.O.[Rh+2].[Rh+2].[Rh+2].[Rh+3]. The van der Waals surface area contributed by atoms with Crippen molar-refractivity contribution in [3.05, 3.63) is 48.3 Å². The molecular formula is C114H224N9O20Rh4. The number of methoxy groups -OCH3 is 8. The second-order valence-electron chi connectivity index (χ2n) is 44.1. The monoisotopic (exact) mass is 2450 g/mol. The summed E-state index contributed by atoms with van der Waals surface area (Å²) in [5, 5.41) is 106. The molecule has 14 atom stereocenters. The average Bonchev–Trinajstić information content (AvgIpc) is 0.781. The number of fused-ring (bicyclic) bond motifs is 4. The third kappa shape index (κ3) is 62.4. The number of aliphatic hydroxyl groups excluding tert-OH is 4. The van der Waals surface area contributed by atoms with E-state index < -0.39 is 18.9 Å². The maximum Gasteiger partial charge on any atom is 3.00 e. The van der Waals surface area contributed by atoms with E-state index in [0.29, 0.717) is 181 Å². The van der Waals surface area contributed by atoms with Gasteiger partial charge in [-0.2, -0.15) is 6.54 Å². The molecule has 0 spiro atoms. The Bertz CT molecular complexity index is 2460. The summed E-state index contributed by atoms with van der Waals surface area (Å²) in [5.74, 6) is 1.99. The topological polar surface area (TPSA) is 420 Å². The minimum absolute atomic E-state index is 0. The van der Waals surface area contributed by atoms with Crippen molar-refractivity contribution in [2.75, 3.05) is 123 Å². The molecule has 11 rings (SSSR count). The van der Waals surface area contributed by atoms with Crippen molar-refractivity contribution in [3.63, 3.8) is 0 Å². The fraction of sp³-hybridized carbons (Fsp3) is 1.00. The molecule has 0 aromatic rings. The molecule has 11 fully saturated rings. The van der Waals surface area contributed by atoms with Crippen molar-refractivity contribution in [1.82, 2.24) is 0 Å². The summed E-state index contributed by atoms with van der Waals surface area (Å²) in [7, 11) is 14.5. The number of hydrogen-bond donors (Lipinski definition) is 7. The van der Waals surface area contributed by atoms with E-state index in [0.717, 1.165) is 206 Å². The maximum atomic E-state index is 10.6. The van der Waals surface area contributed by atoms with Crippen molar-refractivity contribution in [1.29, 1.82) is 0 Å². The summed E-state index contributed by atoms with van der Waals surface area (Å²) in [4.78, 5) is 0. The van der Waals surface area contributed by atoms with E-state index in [9.17, 15) is 20.4 Å². The molecule has 0 aliphatic heterocycles. The molecular weight excluding hydrogens is 2230 g/mol. The molecule has 3 radical (unpaired) electrons. The molecule has 29 nitrogen and oxygen atoms in total. The minimum atomic E-state index is -1.37. The van der Waals surface area contributed by atoms with Crippen LogP contribution in [-0.2, 0) is 135 Å². The molecule has 0 heterocycles. The fourth-order valence-electron chi connectivity index (χ4n) is 24.3. The van der Waals surface area contributed by atoms with Gasteiger partial charge in [0.1, 0.15) is 0 Å². The predicted molar refractivity (Wildman–Crippen MR) is 584 cm³/mol. The van der Waals surface area contributed by atoms with Gasteiger partial charge in [-0.3, -0.25) is 26.7 Å². The number of ether oxygens (including phenoxy) is 12. The van der Waals surface area contributed by atoms with Crippen LogP contribution >= 0.6 is 0 Å². The van der Waals surface area contributed by atoms with Gasteiger partial charge in [-0.15, -0.1) is 48.3 Å². The van der Waals surface area contributed by atoms with Gasteiger partial charge in [0.2, 0.25) is 0 Å². The zero-order valence-electron chi connectivity index (χ0n) is 96.2. The molecule has 4 bridgehead atoms. The van der Waals surface area contributed by atoms with Crippen molar-refractivity contribution >= 4 is 0 Å². The van der Waals surface area contributed by atoms with Crippen molar-refractivity contribution in [2.45, 2.75) is 539 Å². The van der Waals surface area contributed by atoms with Gasteiger partial charge in [0.25, 0.3) is 0 Å². The molecule has 0 aromatic heterocycles. The van der Waals surface area contributed by atoms with E-state index in [2.05, 4.69) is 69.2 Å². The third-order valence-electron chi connectivity index (χ3n) is 33.5. The standard InChI is InChI=1S/C40H76O8.4C15H28N2O2.C6H14O2.C6H14O.C2H6N.H2O.4Rh/c1-9-13-45-35-25(5)17-26(6)36(46-14-10-2)28(8)19-30-22-34(40(43)44)24-32(38(30)48-16-12-4)20-31-23-33(39(41)42)21-29(18-27(35)7)37(31)47-15-11-3;4*1-18-14-7-3-12(4-8-14)16-11-17-13-5-9-15(19-2)10-6-13;1-3-5(4-2)6(7)8;1-3-6(4-2)5-7;1-2-3;;;;;/h25-44H,9-24H2,1-8H3;4*12-15H,3-11H2,1-2H3;5-8H,3-4H2,1-2H3;6-7H,3-5H2,1-2H3;3H,2H2,1H3;1H2;;;;/q;4*-2;;;-1;;3*+2;+3. The summed E-state index contributed by atoms with van der Waals surface area (Å²) in [6.07, 6.45) is 51.5. The third-order valence-corrected chi connectivity index (χ3v) is 33.5. The largest absolute Gasteiger partial charge is 3.00 e. The number of rotatable bonds is 44. The molecule has 33 heteroatoms. The first-order valence-corrected chi connectivity index (χ1v) is 58.0. The van der Waals surface area contributed by atoms with E-state index in [1.807, 2.05) is 70.7 Å². The fourth-order valence-corrected chi connectivity index (χ4v) is 24.3. The number of hydrogen-bond acceptors (Lipinski definition) is 19. The van der Waals surface area contributed by atoms with E-state index in [4.69, 9.17) is 120 Å². The summed E-state index contributed by atoms with van der Waals surface area (Å²) in [6.45, 7) is 34.4. The van der Waals surface area contributed by atoms with Crippen LogP contribution in [0.15, 0.2) is 0 Å². The average molecular weight is 2450 g/mol. The zero-order chi connectivity index (χ0) is 104. The zero-order valence-corrected chi connectivity index (χ0v) is 103. The van der Waals surface area contributed by atoms with Gasteiger partial charge in [0, 0.05) is 108 Å². The number of aliphatic hydroxyl groups is 7. The van der Waals surface area contributed by atoms with E-state index >= 15 is 0 Å². The Morgan fingerprint density at radius 3 is 0.578 bits per heavy atom. The first-order chi connectivity index (χ1) is 68.7. The Labute approximate surface area is 950 Å². The van der Waals surface area contributed by atoms with E-state index in [-0.39, 0.29) is 161 Å². The maximum absolute atomic E-state index is 10.6. The Kier molecular flexibility index (Phi) is 95.0. The molecule has 10 N–H and O–H groups in total. The Morgan fingerprint density at radius 2 is 0.442 bits per heavy atom. The molecule has 11 aliphatic rings. The quantitative estimate of drug-likeness (QED) is 0.0220. The summed E-state index contributed by atoms with van der Waals surface area (Å²) in [6, 6.07) is 4.15. The van der Waals surface area contributed by atoms with Crippen LogP contribution < -0.4 is 0 Å². The van der Waals surface area contributed by atoms with Gasteiger partial charge in [-0.1, -0.05) is 206 Å². The Balaban J connectivity index is 0.